The molecule has 9 nitrogen and oxygen atoms in total. The van der Waals surface area contributed by atoms with Crippen molar-refractivity contribution in [2.45, 2.75) is 24.4 Å². The molecule has 0 aromatic carbocycles. The first kappa shape index (κ1) is 11.3. The second-order valence-corrected chi connectivity index (χ2v) is 3.58. The first-order valence-corrected chi connectivity index (χ1v) is 4.40. The third kappa shape index (κ3) is 1.60. The van der Waals surface area contributed by atoms with Crippen LogP contribution in [0.4, 0.5) is 0 Å². The molecule has 2 aliphatic heterocycles. The molecule has 2 heterocycles. The number of aliphatic hydroxyl groups is 1. The lowest BCUT2D eigenvalue weighted by atomic mass is 9.96. The summed E-state index contributed by atoms with van der Waals surface area (Å²) in [6.45, 7) is 0. The second-order valence-electron chi connectivity index (χ2n) is 3.58. The molecule has 9 heteroatoms. The lowest BCUT2D eigenvalue weighted by molar-refractivity contribution is -0.314. The van der Waals surface area contributed by atoms with Crippen LogP contribution in [0.5, 0.6) is 0 Å². The summed E-state index contributed by atoms with van der Waals surface area (Å²) in [6.07, 6.45) is -1.76. The van der Waals surface area contributed by atoms with Crippen molar-refractivity contribution in [3.63, 3.8) is 0 Å². The molecule has 0 aromatic heterocycles. The molecule has 0 radical (unpaired) electrons. The predicted octanol–water partition coefficient (Wildman–Crippen LogP) is -2.11. The van der Waals surface area contributed by atoms with Crippen molar-refractivity contribution in [3.05, 3.63) is 0 Å². The van der Waals surface area contributed by atoms with Crippen LogP contribution in [-0.4, -0.2) is 45.7 Å². The van der Waals surface area contributed by atoms with E-state index in [-0.39, 0.29) is 0 Å². The summed E-state index contributed by atoms with van der Waals surface area (Å²) in [5.41, 5.74) is -2.46. The van der Waals surface area contributed by atoms with Gasteiger partial charge < -0.3 is 24.4 Å². The van der Waals surface area contributed by atoms with Gasteiger partial charge in [0.1, 0.15) is 0 Å². The molecule has 2 fully saturated rings. The maximum absolute atomic E-state index is 11.4. The molecule has 2 N–H and O–H groups in total. The summed E-state index contributed by atoms with van der Waals surface area (Å²) in [6, 6.07) is 0. The fraction of sp³-hybridized carbons (Fsp3) is 0.500. The maximum Gasteiger partial charge on any atom is 0.529 e. The number of ether oxygens (including phenoxy) is 3. The molecule has 2 aliphatic rings. The van der Waals surface area contributed by atoms with Crippen LogP contribution in [0, 0.1) is 0 Å². The van der Waals surface area contributed by atoms with Crippen LogP contribution in [0.3, 0.4) is 0 Å². The fourth-order valence-corrected chi connectivity index (χ4v) is 1.47. The smallest absolute Gasteiger partial charge is 0.472 e. The third-order valence-corrected chi connectivity index (χ3v) is 2.24. The minimum atomic E-state index is -3.15. The van der Waals surface area contributed by atoms with Crippen LogP contribution < -0.4 is 0 Å². The van der Waals surface area contributed by atoms with Gasteiger partial charge >= 0.3 is 29.9 Å². The van der Waals surface area contributed by atoms with Crippen LogP contribution in [0.25, 0.3) is 0 Å². The van der Waals surface area contributed by atoms with Crippen LogP contribution in [0.2, 0.25) is 0 Å². The van der Waals surface area contributed by atoms with Gasteiger partial charge in [0.15, 0.2) is 5.60 Å². The Morgan fingerprint density at radius 3 is 1.94 bits per heavy atom. The fourth-order valence-electron chi connectivity index (χ4n) is 1.47. The van der Waals surface area contributed by atoms with Crippen molar-refractivity contribution in [2.75, 3.05) is 0 Å². The van der Waals surface area contributed by atoms with Crippen LogP contribution in [-0.2, 0) is 33.4 Å². The van der Waals surface area contributed by atoms with E-state index >= 15 is 0 Å². The number of aliphatic carboxylic acids is 1. The van der Waals surface area contributed by atoms with Gasteiger partial charge in [0.05, 0.1) is 12.8 Å². The zero-order valence-electron chi connectivity index (χ0n) is 8.17. The number of esters is 3. The van der Waals surface area contributed by atoms with Gasteiger partial charge in [-0.05, 0) is 0 Å². The minimum absolute atomic E-state index is 0.879. The summed E-state index contributed by atoms with van der Waals surface area (Å²) in [7, 11) is 0. The first-order valence-electron chi connectivity index (χ1n) is 4.40. The van der Waals surface area contributed by atoms with Crippen molar-refractivity contribution in [1.29, 1.82) is 0 Å². The van der Waals surface area contributed by atoms with E-state index in [2.05, 4.69) is 14.2 Å². The SMILES string of the molecule is O=C1CC2(O)CC(=O)OC(C(=O)O)(O1)OC2=O. The summed E-state index contributed by atoms with van der Waals surface area (Å²) < 4.78 is 12.8. The Labute approximate surface area is 92.9 Å². The van der Waals surface area contributed by atoms with Gasteiger partial charge in [0.2, 0.25) is 0 Å². The second kappa shape index (κ2) is 3.17. The molecule has 2 rings (SSSR count). The Hall–Kier alpha value is -2.16. The van der Waals surface area contributed by atoms with Gasteiger partial charge in [-0.3, -0.25) is 9.59 Å². The van der Waals surface area contributed by atoms with Crippen molar-refractivity contribution < 1.29 is 43.6 Å². The molecule has 2 saturated heterocycles. The van der Waals surface area contributed by atoms with Crippen LogP contribution >= 0.6 is 0 Å². The molecule has 0 saturated carbocycles. The van der Waals surface area contributed by atoms with Gasteiger partial charge in [-0.25, -0.2) is 9.59 Å². The predicted molar refractivity (Wildman–Crippen MR) is 42.8 cm³/mol. The van der Waals surface area contributed by atoms with E-state index in [1.54, 1.807) is 0 Å². The number of fused-ring (bicyclic) bond motifs is 3. The quantitative estimate of drug-likeness (QED) is 0.498. The Morgan fingerprint density at radius 2 is 1.53 bits per heavy atom. The standard InChI is InChI=1S/C8H6O9/c9-3-1-7(14)2-4(10)16-8(15-3,5(11)12)17-6(7)13/h14H,1-2H2,(H,11,12). The van der Waals surface area contributed by atoms with E-state index in [9.17, 15) is 24.3 Å². The van der Waals surface area contributed by atoms with E-state index in [0.717, 1.165) is 0 Å². The van der Waals surface area contributed by atoms with E-state index in [1.165, 1.54) is 0 Å². The number of carboxylic acids is 1. The van der Waals surface area contributed by atoms with Gasteiger partial charge in [-0.15, -0.1) is 0 Å². The average Bonchev–Trinajstić information content (AvgIpc) is 2.27. The third-order valence-electron chi connectivity index (χ3n) is 2.24. The molecule has 92 valence electrons. The van der Waals surface area contributed by atoms with Gasteiger partial charge in [0.25, 0.3) is 0 Å². The molecule has 0 spiro atoms. The number of hydrogen-bond donors (Lipinski definition) is 2. The molecular weight excluding hydrogens is 240 g/mol. The highest BCUT2D eigenvalue weighted by Crippen LogP contribution is 2.34. The molecule has 2 bridgehead atoms. The van der Waals surface area contributed by atoms with Crippen LogP contribution in [0.1, 0.15) is 12.8 Å². The highest BCUT2D eigenvalue weighted by molar-refractivity contribution is 5.96. The highest BCUT2D eigenvalue weighted by atomic mass is 16.9. The molecule has 0 aromatic rings. The van der Waals surface area contributed by atoms with Crippen molar-refractivity contribution in [1.82, 2.24) is 0 Å². The summed E-state index contributed by atoms with van der Waals surface area (Å²) in [5.74, 6) is -9.05. The summed E-state index contributed by atoms with van der Waals surface area (Å²) in [5, 5.41) is 18.5. The Morgan fingerprint density at radius 1 is 1.06 bits per heavy atom. The maximum atomic E-state index is 11.4. The van der Waals surface area contributed by atoms with Crippen molar-refractivity contribution in [2.24, 2.45) is 0 Å². The normalized spacial score (nSPS) is 36.4. The molecule has 0 amide bonds. The van der Waals surface area contributed by atoms with Gasteiger partial charge in [0, 0.05) is 0 Å². The lowest BCUT2D eigenvalue weighted by Crippen LogP contribution is -2.49. The van der Waals surface area contributed by atoms with E-state index < -0.39 is 48.3 Å². The van der Waals surface area contributed by atoms with Gasteiger partial charge in [-0.1, -0.05) is 0 Å². The molecule has 17 heavy (non-hydrogen) atoms. The van der Waals surface area contributed by atoms with E-state index in [1.807, 2.05) is 0 Å². The Balaban J connectivity index is 2.55. The van der Waals surface area contributed by atoms with Crippen LogP contribution in [0.15, 0.2) is 0 Å². The number of carbonyl (C=O) groups excluding carboxylic acids is 3. The number of carbonyl (C=O) groups is 4. The van der Waals surface area contributed by atoms with E-state index in [0.29, 0.717) is 0 Å². The molecular formula is C8H6O9. The first-order chi connectivity index (χ1) is 7.77. The van der Waals surface area contributed by atoms with E-state index in [4.69, 9.17) is 5.11 Å². The minimum Gasteiger partial charge on any atom is -0.472 e. The summed E-state index contributed by atoms with van der Waals surface area (Å²) >= 11 is 0. The van der Waals surface area contributed by atoms with Crippen molar-refractivity contribution in [3.8, 4) is 0 Å². The summed E-state index contributed by atoms with van der Waals surface area (Å²) in [4.78, 5) is 44.7. The van der Waals surface area contributed by atoms with Gasteiger partial charge in [-0.2, -0.15) is 0 Å². The lowest BCUT2D eigenvalue weighted by Gasteiger charge is -2.23. The molecule has 0 unspecified atom stereocenters. The Kier molecular flexibility index (Phi) is 2.11. The highest BCUT2D eigenvalue weighted by Gasteiger charge is 2.63. The topological polar surface area (TPSA) is 136 Å². The largest absolute Gasteiger partial charge is 0.529 e. The number of rotatable bonds is 1. The zero-order chi connectivity index (χ0) is 12.8. The zero-order valence-corrected chi connectivity index (χ0v) is 8.17. The number of carboxylic acid groups (broad SMARTS) is 1. The Bertz CT molecular complexity index is 416. The molecule has 0 aliphatic carbocycles. The monoisotopic (exact) mass is 246 g/mol. The number of hydrogen-bond acceptors (Lipinski definition) is 8. The average molecular weight is 246 g/mol. The molecule has 0 atom stereocenters. The van der Waals surface area contributed by atoms with Crippen molar-refractivity contribution >= 4 is 23.9 Å².